The summed E-state index contributed by atoms with van der Waals surface area (Å²) in [6, 6.07) is 5.74. The van der Waals surface area contributed by atoms with Gasteiger partial charge in [0, 0.05) is 10.0 Å². The van der Waals surface area contributed by atoms with E-state index in [9.17, 15) is 5.11 Å². The van der Waals surface area contributed by atoms with Gasteiger partial charge in [0.25, 0.3) is 0 Å². The molecule has 0 radical (unpaired) electrons. The molecule has 1 aliphatic carbocycles. The molecule has 0 bridgehead atoms. The summed E-state index contributed by atoms with van der Waals surface area (Å²) in [5, 5.41) is 9.58. The molecule has 0 aromatic heterocycles. The van der Waals surface area contributed by atoms with Crippen molar-refractivity contribution >= 4 is 15.9 Å². The van der Waals surface area contributed by atoms with E-state index in [4.69, 9.17) is 4.74 Å². The quantitative estimate of drug-likeness (QED) is 0.910. The molecule has 1 N–H and O–H groups in total. The fourth-order valence-electron chi connectivity index (χ4n) is 1.47. The maximum absolute atomic E-state index is 9.58. The van der Waals surface area contributed by atoms with Crippen LogP contribution in [-0.2, 0) is 0 Å². The van der Waals surface area contributed by atoms with Crippen LogP contribution in [0.1, 0.15) is 31.4 Å². The molecule has 2 rings (SSSR count). The molecular weight excluding hydrogens is 256 g/mol. The Balaban J connectivity index is 2.13. The van der Waals surface area contributed by atoms with Crippen LogP contribution < -0.4 is 4.74 Å². The molecule has 0 heterocycles. The molecule has 1 aromatic rings. The normalized spacial score (nSPS) is 17.5. The Bertz CT molecular complexity index is 345. The fraction of sp³-hybridized carbons (Fsp3) is 0.500. The first-order valence-corrected chi connectivity index (χ1v) is 6.06. The largest absolute Gasteiger partial charge is 0.493 e. The molecule has 1 saturated carbocycles. The minimum atomic E-state index is -0.479. The molecule has 0 unspecified atom stereocenters. The second-order valence-electron chi connectivity index (χ2n) is 4.11. The highest BCUT2D eigenvalue weighted by Gasteiger charge is 2.22. The first kappa shape index (κ1) is 11.0. The Morgan fingerprint density at radius 3 is 2.87 bits per heavy atom. The predicted molar refractivity (Wildman–Crippen MR) is 63.0 cm³/mol. The molecule has 0 saturated heterocycles. The fourth-order valence-corrected chi connectivity index (χ4v) is 1.81. The highest BCUT2D eigenvalue weighted by atomic mass is 79.9. The van der Waals surface area contributed by atoms with Gasteiger partial charge in [0.1, 0.15) is 5.75 Å². The Hall–Kier alpha value is -0.540. The van der Waals surface area contributed by atoms with E-state index in [0.29, 0.717) is 0 Å². The number of rotatable bonds is 4. The van der Waals surface area contributed by atoms with Crippen molar-refractivity contribution in [3.63, 3.8) is 0 Å². The van der Waals surface area contributed by atoms with Gasteiger partial charge < -0.3 is 9.84 Å². The summed E-state index contributed by atoms with van der Waals surface area (Å²) in [6.07, 6.45) is 2.07. The van der Waals surface area contributed by atoms with Crippen molar-refractivity contribution in [2.75, 3.05) is 6.61 Å². The molecule has 0 amide bonds. The molecule has 1 atom stereocenters. The average molecular weight is 271 g/mol. The van der Waals surface area contributed by atoms with E-state index in [0.717, 1.165) is 28.3 Å². The Morgan fingerprint density at radius 1 is 1.53 bits per heavy atom. The zero-order chi connectivity index (χ0) is 10.8. The summed E-state index contributed by atoms with van der Waals surface area (Å²) >= 11 is 3.41. The smallest absolute Gasteiger partial charge is 0.126 e. The first-order chi connectivity index (χ1) is 7.16. The number of hydrogen-bond donors (Lipinski definition) is 1. The predicted octanol–water partition coefficient (Wildman–Crippen LogP) is 3.29. The van der Waals surface area contributed by atoms with Gasteiger partial charge in [-0.1, -0.05) is 22.0 Å². The van der Waals surface area contributed by atoms with Crippen molar-refractivity contribution in [1.82, 2.24) is 0 Å². The summed E-state index contributed by atoms with van der Waals surface area (Å²) in [5.74, 6) is 1.53. The van der Waals surface area contributed by atoms with Crippen LogP contribution >= 0.6 is 15.9 Å². The van der Waals surface area contributed by atoms with Gasteiger partial charge in [-0.25, -0.2) is 0 Å². The van der Waals surface area contributed by atoms with E-state index in [1.54, 1.807) is 6.92 Å². The Kier molecular flexibility index (Phi) is 3.32. The van der Waals surface area contributed by atoms with E-state index < -0.39 is 6.10 Å². The summed E-state index contributed by atoms with van der Waals surface area (Å²) in [7, 11) is 0. The molecule has 0 spiro atoms. The minimum Gasteiger partial charge on any atom is -0.493 e. The van der Waals surface area contributed by atoms with Crippen molar-refractivity contribution in [2.24, 2.45) is 5.92 Å². The van der Waals surface area contributed by atoms with Gasteiger partial charge in [0.2, 0.25) is 0 Å². The number of ether oxygens (including phenoxy) is 1. The van der Waals surface area contributed by atoms with Gasteiger partial charge in [-0.3, -0.25) is 0 Å². The Morgan fingerprint density at radius 2 is 2.27 bits per heavy atom. The van der Waals surface area contributed by atoms with Crippen molar-refractivity contribution in [2.45, 2.75) is 25.9 Å². The number of aliphatic hydroxyl groups is 1. The minimum absolute atomic E-state index is 0.479. The second kappa shape index (κ2) is 4.54. The maximum Gasteiger partial charge on any atom is 0.126 e. The molecule has 1 aromatic carbocycles. The van der Waals surface area contributed by atoms with Gasteiger partial charge >= 0.3 is 0 Å². The lowest BCUT2D eigenvalue weighted by Gasteiger charge is -2.13. The highest BCUT2D eigenvalue weighted by molar-refractivity contribution is 9.10. The molecule has 82 valence electrons. The van der Waals surface area contributed by atoms with E-state index in [1.165, 1.54) is 12.8 Å². The van der Waals surface area contributed by atoms with Crippen LogP contribution in [0.5, 0.6) is 5.75 Å². The van der Waals surface area contributed by atoms with Crippen LogP contribution in [-0.4, -0.2) is 11.7 Å². The van der Waals surface area contributed by atoms with Crippen LogP contribution in [0.25, 0.3) is 0 Å². The van der Waals surface area contributed by atoms with E-state index in [1.807, 2.05) is 18.2 Å². The molecule has 3 heteroatoms. The molecule has 2 nitrogen and oxygen atoms in total. The first-order valence-electron chi connectivity index (χ1n) is 5.27. The summed E-state index contributed by atoms with van der Waals surface area (Å²) in [5.41, 5.74) is 0.860. The van der Waals surface area contributed by atoms with E-state index in [-0.39, 0.29) is 0 Å². The topological polar surface area (TPSA) is 29.5 Å². The van der Waals surface area contributed by atoms with Crippen LogP contribution in [0.4, 0.5) is 0 Å². The van der Waals surface area contributed by atoms with Crippen LogP contribution in [0.15, 0.2) is 22.7 Å². The van der Waals surface area contributed by atoms with Gasteiger partial charge in [-0.15, -0.1) is 0 Å². The zero-order valence-electron chi connectivity index (χ0n) is 8.74. The van der Waals surface area contributed by atoms with Crippen LogP contribution in [0.2, 0.25) is 0 Å². The third-order valence-electron chi connectivity index (χ3n) is 2.60. The number of halogens is 1. The van der Waals surface area contributed by atoms with Gasteiger partial charge in [0.15, 0.2) is 0 Å². The van der Waals surface area contributed by atoms with Gasteiger partial charge in [-0.05, 0) is 37.8 Å². The van der Waals surface area contributed by atoms with Gasteiger partial charge in [0.05, 0.1) is 12.7 Å². The molecule has 0 aliphatic heterocycles. The van der Waals surface area contributed by atoms with Gasteiger partial charge in [-0.2, -0.15) is 0 Å². The van der Waals surface area contributed by atoms with E-state index >= 15 is 0 Å². The van der Waals surface area contributed by atoms with Crippen LogP contribution in [0, 0.1) is 5.92 Å². The van der Waals surface area contributed by atoms with Crippen molar-refractivity contribution in [3.8, 4) is 5.75 Å². The van der Waals surface area contributed by atoms with Crippen molar-refractivity contribution < 1.29 is 9.84 Å². The molecule has 15 heavy (non-hydrogen) atoms. The summed E-state index contributed by atoms with van der Waals surface area (Å²) in [6.45, 7) is 2.53. The lowest BCUT2D eigenvalue weighted by molar-refractivity contribution is 0.190. The molecule has 1 fully saturated rings. The van der Waals surface area contributed by atoms with Crippen LogP contribution in [0.3, 0.4) is 0 Å². The lowest BCUT2D eigenvalue weighted by Crippen LogP contribution is -2.03. The monoisotopic (exact) mass is 270 g/mol. The lowest BCUT2D eigenvalue weighted by atomic mass is 10.1. The highest BCUT2D eigenvalue weighted by Crippen LogP contribution is 2.33. The standard InChI is InChI=1S/C12H15BrO2/c1-8(14)11-5-4-10(13)6-12(11)15-7-9-2-3-9/h4-6,8-9,14H,2-3,7H2,1H3/t8-/m0/s1. The Labute approximate surface area is 98.4 Å². The summed E-state index contributed by atoms with van der Waals surface area (Å²) < 4.78 is 6.70. The van der Waals surface area contributed by atoms with E-state index in [2.05, 4.69) is 15.9 Å². The van der Waals surface area contributed by atoms with Crippen molar-refractivity contribution in [1.29, 1.82) is 0 Å². The second-order valence-corrected chi connectivity index (χ2v) is 5.03. The summed E-state index contributed by atoms with van der Waals surface area (Å²) in [4.78, 5) is 0. The number of hydrogen-bond acceptors (Lipinski definition) is 2. The number of benzene rings is 1. The number of aliphatic hydroxyl groups excluding tert-OH is 1. The third kappa shape index (κ3) is 2.95. The third-order valence-corrected chi connectivity index (χ3v) is 3.09. The van der Waals surface area contributed by atoms with Crippen molar-refractivity contribution in [3.05, 3.63) is 28.2 Å². The zero-order valence-corrected chi connectivity index (χ0v) is 10.3. The maximum atomic E-state index is 9.58. The molecular formula is C12H15BrO2. The molecule has 1 aliphatic rings. The SMILES string of the molecule is C[C@H](O)c1ccc(Br)cc1OCC1CC1. The average Bonchev–Trinajstić information content (AvgIpc) is 2.97.